The summed E-state index contributed by atoms with van der Waals surface area (Å²) in [5, 5.41) is 23.4. The molecule has 2 aromatic rings. The first-order chi connectivity index (χ1) is 17.4. The molecule has 3 unspecified atom stereocenters. The van der Waals surface area contributed by atoms with Gasteiger partial charge in [-0.15, -0.1) is 0 Å². The Balaban J connectivity index is 0.00000252. The number of carbonyl (C=O) groups excluding carboxylic acids is 1. The largest absolute Gasteiger partial charge is 0.504 e. The summed E-state index contributed by atoms with van der Waals surface area (Å²) in [5.74, 6) is 1.34. The molecule has 1 radical (unpaired) electrons. The van der Waals surface area contributed by atoms with Crippen LogP contribution in [0.25, 0.3) is 6.08 Å². The normalized spacial score (nSPS) is 33.4. The monoisotopic (exact) mass is 713 g/mol. The van der Waals surface area contributed by atoms with E-state index in [1.54, 1.807) is 17.0 Å². The van der Waals surface area contributed by atoms with Crippen LogP contribution in [0.2, 0.25) is 0 Å². The molecule has 2 aromatic carbocycles. The summed E-state index contributed by atoms with van der Waals surface area (Å²) in [5.41, 5.74) is 1.62. The molecule has 2 heterocycles. The van der Waals surface area contributed by atoms with Crippen molar-refractivity contribution in [3.8, 4) is 11.5 Å². The van der Waals surface area contributed by atoms with Crippen molar-refractivity contribution in [1.82, 2.24) is 9.80 Å². The summed E-state index contributed by atoms with van der Waals surface area (Å²) in [6.45, 7) is 1.97. The van der Waals surface area contributed by atoms with Crippen molar-refractivity contribution in [2.75, 3.05) is 20.1 Å². The average molecular weight is 714 g/mol. The van der Waals surface area contributed by atoms with Gasteiger partial charge in [-0.25, -0.2) is 0 Å². The van der Waals surface area contributed by atoms with Crippen molar-refractivity contribution < 1.29 is 63.8 Å². The third-order valence-corrected chi connectivity index (χ3v) is 9.79. The molecule has 1 amide bonds. The summed E-state index contributed by atoms with van der Waals surface area (Å²) in [7, 11) is 1.85. The van der Waals surface area contributed by atoms with Crippen LogP contribution in [-0.4, -0.2) is 69.8 Å². The summed E-state index contributed by atoms with van der Waals surface area (Å²) in [6.07, 6.45) is 8.51. The summed E-state index contributed by atoms with van der Waals surface area (Å²) >= 11 is 0. The van der Waals surface area contributed by atoms with Crippen molar-refractivity contribution in [2.24, 2.45) is 5.92 Å². The summed E-state index contributed by atoms with van der Waals surface area (Å²) in [4.78, 5) is 17.6. The molecule has 3 aliphatic carbocycles. The Labute approximate surface area is 254 Å². The molecular weight excluding hydrogens is 679 g/mol. The number of hydrogen-bond donors (Lipinski definition) is 2. The van der Waals surface area contributed by atoms with E-state index in [0.29, 0.717) is 18.6 Å². The Hall–Kier alpha value is -1.39. The zero-order valence-corrected chi connectivity index (χ0v) is 26.1. The van der Waals surface area contributed by atoms with Gasteiger partial charge in [0, 0.05) is 75.3 Å². The van der Waals surface area contributed by atoms with Crippen LogP contribution in [0.3, 0.4) is 0 Å². The molecule has 191 valence electrons. The van der Waals surface area contributed by atoms with E-state index in [0.717, 1.165) is 43.0 Å². The third kappa shape index (κ3) is 3.79. The molecular formula is C30H34AcN2O4. The number of likely N-dealkylation sites (tertiary alicyclic amines) is 1. The fourth-order valence-corrected chi connectivity index (χ4v) is 7.86. The first-order valence-corrected chi connectivity index (χ1v) is 13.4. The first kappa shape index (κ1) is 25.9. The number of aliphatic hydroxyl groups is 1. The molecule has 2 bridgehead atoms. The van der Waals surface area contributed by atoms with Gasteiger partial charge >= 0.3 is 0 Å². The van der Waals surface area contributed by atoms with E-state index in [2.05, 4.69) is 4.90 Å². The zero-order valence-electron chi connectivity index (χ0n) is 21.3. The van der Waals surface area contributed by atoms with E-state index < -0.39 is 11.0 Å². The maximum absolute atomic E-state index is 13.3. The number of likely N-dealkylation sites (N-methyl/N-ethyl adjacent to an activating group) is 1. The van der Waals surface area contributed by atoms with Crippen molar-refractivity contribution in [3.05, 3.63) is 65.2 Å². The van der Waals surface area contributed by atoms with Gasteiger partial charge in [-0.3, -0.25) is 9.69 Å². The second-order valence-electron chi connectivity index (χ2n) is 11.6. The van der Waals surface area contributed by atoms with Gasteiger partial charge in [0.05, 0.1) is 17.1 Å². The van der Waals surface area contributed by atoms with E-state index in [1.807, 2.05) is 49.5 Å². The van der Waals surface area contributed by atoms with Crippen LogP contribution in [0, 0.1) is 50.0 Å². The minimum atomic E-state index is -0.933. The van der Waals surface area contributed by atoms with Crippen molar-refractivity contribution in [3.63, 3.8) is 0 Å². The van der Waals surface area contributed by atoms with Gasteiger partial charge in [0.15, 0.2) is 11.5 Å². The molecule has 2 aliphatic heterocycles. The number of carbonyl (C=O) groups is 1. The van der Waals surface area contributed by atoms with E-state index in [-0.39, 0.29) is 73.9 Å². The number of benzene rings is 2. The van der Waals surface area contributed by atoms with Gasteiger partial charge in [-0.1, -0.05) is 36.4 Å². The van der Waals surface area contributed by atoms with Gasteiger partial charge in [-0.05, 0) is 74.3 Å². The van der Waals surface area contributed by atoms with Crippen LogP contribution in [0.15, 0.2) is 48.5 Å². The number of ether oxygens (including phenoxy) is 1. The number of aromatic hydroxyl groups is 1. The molecule has 5 atom stereocenters. The van der Waals surface area contributed by atoms with Crippen LogP contribution in [0.5, 0.6) is 11.5 Å². The smallest absolute Gasteiger partial charge is 0.246 e. The molecule has 2 N–H and O–H groups in total. The predicted molar refractivity (Wildman–Crippen MR) is 137 cm³/mol. The first-order valence-electron chi connectivity index (χ1n) is 13.4. The Bertz CT molecular complexity index is 1250. The molecule has 7 rings (SSSR count). The Morgan fingerprint density at radius 3 is 2.70 bits per heavy atom. The Kier molecular flexibility index (Phi) is 6.55. The number of piperidine rings is 1. The molecule has 5 aliphatic rings. The maximum Gasteiger partial charge on any atom is 0.246 e. The quantitative estimate of drug-likeness (QED) is 0.465. The number of phenolic OH excluding ortho intramolecular Hbond substituents is 1. The molecule has 0 aromatic heterocycles. The fraction of sp³-hybridized carbons (Fsp3) is 0.500. The summed E-state index contributed by atoms with van der Waals surface area (Å²) in [6, 6.07) is 13.4. The van der Waals surface area contributed by atoms with Crippen LogP contribution >= 0.6 is 0 Å². The molecule has 2 saturated carbocycles. The Morgan fingerprint density at radius 1 is 1.16 bits per heavy atom. The van der Waals surface area contributed by atoms with Gasteiger partial charge < -0.3 is 19.8 Å². The number of rotatable bonds is 5. The van der Waals surface area contributed by atoms with E-state index in [4.69, 9.17) is 4.74 Å². The van der Waals surface area contributed by atoms with Gasteiger partial charge in [0.25, 0.3) is 0 Å². The molecule has 37 heavy (non-hydrogen) atoms. The topological polar surface area (TPSA) is 73.2 Å². The van der Waals surface area contributed by atoms with Crippen LogP contribution < -0.4 is 4.74 Å². The minimum Gasteiger partial charge on any atom is -0.504 e. The third-order valence-electron chi connectivity index (χ3n) is 9.79. The maximum atomic E-state index is 13.3. The fourth-order valence-electron chi connectivity index (χ4n) is 7.86. The van der Waals surface area contributed by atoms with E-state index in [1.165, 1.54) is 18.4 Å². The van der Waals surface area contributed by atoms with Gasteiger partial charge in [-0.2, -0.15) is 0 Å². The number of nitrogens with zero attached hydrogens (tertiary/aromatic N) is 2. The second kappa shape index (κ2) is 9.37. The predicted octanol–water partition coefficient (Wildman–Crippen LogP) is 3.50. The Morgan fingerprint density at radius 2 is 1.95 bits per heavy atom. The van der Waals surface area contributed by atoms with Gasteiger partial charge in [0.2, 0.25) is 5.91 Å². The molecule has 1 saturated heterocycles. The minimum absolute atomic E-state index is 0. The van der Waals surface area contributed by atoms with E-state index in [9.17, 15) is 15.0 Å². The average Bonchev–Trinajstić information content (AvgIpc) is 3.63. The van der Waals surface area contributed by atoms with Crippen molar-refractivity contribution >= 4 is 12.0 Å². The standard InChI is InChI=1S/C30H34N2O4.Ac/c1-31(25(34)12-9-19-5-3-2-4-6-19)22-13-14-30(35)24-17-21-10-11-23(33)27-26(21)29(30,28(22)36-27)15-16-32(24)18-20-7-8-20;/h2-6,9-12,20,22,24,28,33,35H,7-8,13-18H2,1H3;/b12-9+;/t22?,24-,28?,29-,30?;/m0./s1. The number of hydrogen-bond acceptors (Lipinski definition) is 5. The second-order valence-corrected chi connectivity index (χ2v) is 11.6. The zero-order chi connectivity index (χ0) is 24.7. The number of phenols is 1. The molecule has 1 spiro atoms. The van der Waals surface area contributed by atoms with Crippen LogP contribution in [-0.2, 0) is 16.6 Å². The molecule has 7 heteroatoms. The van der Waals surface area contributed by atoms with Crippen LogP contribution in [0.4, 0.5) is 0 Å². The SMILES string of the molecule is CN(C(=O)/C=C/c1ccccc1)C1CCC2(O)[C@@H]3Cc4ccc(O)c5c4[C@@]2(CCN3CC2CC2)C1O5.[Ac]. The van der Waals surface area contributed by atoms with Crippen LogP contribution in [0.1, 0.15) is 48.8 Å². The van der Waals surface area contributed by atoms with Gasteiger partial charge in [0.1, 0.15) is 6.10 Å². The van der Waals surface area contributed by atoms with Crippen molar-refractivity contribution in [1.29, 1.82) is 0 Å². The molecule has 3 fully saturated rings. The number of amides is 1. The van der Waals surface area contributed by atoms with Crippen molar-refractivity contribution in [2.45, 2.75) is 67.7 Å². The summed E-state index contributed by atoms with van der Waals surface area (Å²) < 4.78 is 6.60. The van der Waals surface area contributed by atoms with E-state index >= 15 is 0 Å². The molecule has 6 nitrogen and oxygen atoms in total.